The van der Waals surface area contributed by atoms with Crippen LogP contribution in [0.15, 0.2) is 24.3 Å². The van der Waals surface area contributed by atoms with Crippen molar-refractivity contribution >= 4 is 17.6 Å². The molecular formula is C11H13ClO3. The fourth-order valence-electron chi connectivity index (χ4n) is 1.26. The van der Waals surface area contributed by atoms with E-state index < -0.39 is 0 Å². The minimum atomic E-state index is -0.361. The summed E-state index contributed by atoms with van der Waals surface area (Å²) in [6.45, 7) is 1.38. The summed E-state index contributed by atoms with van der Waals surface area (Å²) in [5.74, 6) is -0.622. The Labute approximate surface area is 93.6 Å². The molecule has 0 heterocycles. The summed E-state index contributed by atoms with van der Waals surface area (Å²) < 4.78 is 4.85. The van der Waals surface area contributed by atoms with Crippen LogP contribution in [0.25, 0.3) is 0 Å². The second kappa shape index (κ2) is 5.73. The Morgan fingerprint density at radius 3 is 2.73 bits per heavy atom. The third-order valence-corrected chi connectivity index (χ3v) is 2.40. The topological polar surface area (TPSA) is 46.5 Å². The fraction of sp³-hybridized carbons (Fsp3) is 0.364. The SMILES string of the molecule is CC(=O)OC[C@H](CO)c1ccccc1Cl. The molecule has 0 unspecified atom stereocenters. The quantitative estimate of drug-likeness (QED) is 0.802. The second-order valence-corrected chi connectivity index (χ2v) is 3.61. The summed E-state index contributed by atoms with van der Waals surface area (Å²) in [6.07, 6.45) is 0. The van der Waals surface area contributed by atoms with Gasteiger partial charge in [-0.1, -0.05) is 29.8 Å². The third-order valence-electron chi connectivity index (χ3n) is 2.05. The highest BCUT2D eigenvalue weighted by Gasteiger charge is 2.14. The lowest BCUT2D eigenvalue weighted by Crippen LogP contribution is -2.14. The Morgan fingerprint density at radius 1 is 1.53 bits per heavy atom. The van der Waals surface area contributed by atoms with Gasteiger partial charge in [-0.05, 0) is 11.6 Å². The van der Waals surface area contributed by atoms with Crippen LogP contribution in [0.4, 0.5) is 0 Å². The number of carbonyl (C=O) groups excluding carboxylic acids is 1. The van der Waals surface area contributed by atoms with E-state index in [1.807, 2.05) is 18.2 Å². The van der Waals surface area contributed by atoms with Crippen LogP contribution in [-0.4, -0.2) is 24.3 Å². The van der Waals surface area contributed by atoms with Gasteiger partial charge in [0.25, 0.3) is 0 Å². The zero-order valence-electron chi connectivity index (χ0n) is 8.44. The van der Waals surface area contributed by atoms with Crippen LogP contribution in [-0.2, 0) is 9.53 Å². The van der Waals surface area contributed by atoms with Crippen LogP contribution in [0, 0.1) is 0 Å². The van der Waals surface area contributed by atoms with E-state index in [-0.39, 0.29) is 25.1 Å². The smallest absolute Gasteiger partial charge is 0.302 e. The summed E-state index contributed by atoms with van der Waals surface area (Å²) in [5.41, 5.74) is 0.794. The molecule has 0 saturated carbocycles. The van der Waals surface area contributed by atoms with Gasteiger partial charge in [0.1, 0.15) is 6.61 Å². The molecule has 4 heteroatoms. The number of halogens is 1. The van der Waals surface area contributed by atoms with Gasteiger partial charge < -0.3 is 9.84 Å². The molecule has 15 heavy (non-hydrogen) atoms. The number of esters is 1. The van der Waals surface area contributed by atoms with Crippen LogP contribution in [0.3, 0.4) is 0 Å². The van der Waals surface area contributed by atoms with Crippen molar-refractivity contribution in [1.82, 2.24) is 0 Å². The molecule has 0 aliphatic heterocycles. The van der Waals surface area contributed by atoms with Crippen molar-refractivity contribution in [3.63, 3.8) is 0 Å². The van der Waals surface area contributed by atoms with Crippen LogP contribution in [0.5, 0.6) is 0 Å². The number of carbonyl (C=O) groups is 1. The Balaban J connectivity index is 2.74. The van der Waals surface area contributed by atoms with Gasteiger partial charge >= 0.3 is 5.97 Å². The van der Waals surface area contributed by atoms with Crippen molar-refractivity contribution in [3.05, 3.63) is 34.9 Å². The first-order valence-corrected chi connectivity index (χ1v) is 5.01. The Bertz CT molecular complexity index is 338. The molecule has 0 aliphatic carbocycles. The van der Waals surface area contributed by atoms with E-state index in [0.717, 1.165) is 5.56 Å². The predicted octanol–water partition coefficient (Wildman–Crippen LogP) is 1.98. The second-order valence-electron chi connectivity index (χ2n) is 3.20. The van der Waals surface area contributed by atoms with E-state index in [2.05, 4.69) is 0 Å². The zero-order valence-corrected chi connectivity index (χ0v) is 9.20. The Kier molecular flexibility index (Phi) is 4.59. The van der Waals surface area contributed by atoms with E-state index in [9.17, 15) is 4.79 Å². The first kappa shape index (κ1) is 12.0. The highest BCUT2D eigenvalue weighted by molar-refractivity contribution is 6.31. The maximum absolute atomic E-state index is 10.6. The standard InChI is InChI=1S/C11H13ClO3/c1-8(14)15-7-9(6-13)10-4-2-3-5-11(10)12/h2-5,9,13H,6-7H2,1H3/t9-/m0/s1. The summed E-state index contributed by atoms with van der Waals surface area (Å²) in [7, 11) is 0. The molecule has 1 N–H and O–H groups in total. The van der Waals surface area contributed by atoms with Gasteiger partial charge in [0.15, 0.2) is 0 Å². The number of aliphatic hydroxyl groups excluding tert-OH is 1. The zero-order chi connectivity index (χ0) is 11.3. The molecule has 1 atom stereocenters. The molecule has 0 fully saturated rings. The molecule has 0 aromatic heterocycles. The molecule has 0 aliphatic rings. The molecule has 1 rings (SSSR count). The van der Waals surface area contributed by atoms with Crippen molar-refractivity contribution in [2.75, 3.05) is 13.2 Å². The van der Waals surface area contributed by atoms with Gasteiger partial charge in [-0.15, -0.1) is 0 Å². The van der Waals surface area contributed by atoms with Crippen LogP contribution in [0.1, 0.15) is 18.4 Å². The average Bonchev–Trinajstić information content (AvgIpc) is 2.21. The third kappa shape index (κ3) is 3.53. The van der Waals surface area contributed by atoms with E-state index >= 15 is 0 Å². The molecule has 0 radical (unpaired) electrons. The average molecular weight is 229 g/mol. The van der Waals surface area contributed by atoms with E-state index in [1.165, 1.54) is 6.92 Å². The summed E-state index contributed by atoms with van der Waals surface area (Å²) in [6, 6.07) is 7.20. The highest BCUT2D eigenvalue weighted by Crippen LogP contribution is 2.24. The van der Waals surface area contributed by atoms with Crippen LogP contribution < -0.4 is 0 Å². The fourth-order valence-corrected chi connectivity index (χ4v) is 1.55. The maximum Gasteiger partial charge on any atom is 0.302 e. The minimum absolute atomic E-state index is 0.100. The van der Waals surface area contributed by atoms with Crippen molar-refractivity contribution in [1.29, 1.82) is 0 Å². The van der Waals surface area contributed by atoms with Crippen LogP contribution in [0.2, 0.25) is 5.02 Å². The summed E-state index contributed by atoms with van der Waals surface area (Å²) >= 11 is 5.96. The molecule has 3 nitrogen and oxygen atoms in total. The normalized spacial score (nSPS) is 12.2. The van der Waals surface area contributed by atoms with E-state index in [4.69, 9.17) is 21.4 Å². The Hall–Kier alpha value is -1.06. The number of rotatable bonds is 4. The Morgan fingerprint density at radius 2 is 2.20 bits per heavy atom. The number of benzene rings is 1. The molecule has 0 bridgehead atoms. The molecule has 0 saturated heterocycles. The largest absolute Gasteiger partial charge is 0.465 e. The lowest BCUT2D eigenvalue weighted by Gasteiger charge is -2.15. The van der Waals surface area contributed by atoms with E-state index in [0.29, 0.717) is 5.02 Å². The van der Waals surface area contributed by atoms with Gasteiger partial charge in [-0.25, -0.2) is 0 Å². The van der Waals surface area contributed by atoms with Gasteiger partial charge in [-0.2, -0.15) is 0 Å². The lowest BCUT2D eigenvalue weighted by molar-refractivity contribution is -0.141. The van der Waals surface area contributed by atoms with Gasteiger partial charge in [0, 0.05) is 17.9 Å². The van der Waals surface area contributed by atoms with Crippen molar-refractivity contribution in [2.45, 2.75) is 12.8 Å². The van der Waals surface area contributed by atoms with Gasteiger partial charge in [-0.3, -0.25) is 4.79 Å². The number of hydrogen-bond acceptors (Lipinski definition) is 3. The molecule has 82 valence electrons. The highest BCUT2D eigenvalue weighted by atomic mass is 35.5. The first-order chi connectivity index (χ1) is 7.15. The van der Waals surface area contributed by atoms with Crippen molar-refractivity contribution in [3.8, 4) is 0 Å². The first-order valence-electron chi connectivity index (χ1n) is 4.63. The van der Waals surface area contributed by atoms with E-state index in [1.54, 1.807) is 6.07 Å². The van der Waals surface area contributed by atoms with Gasteiger partial charge in [0.05, 0.1) is 6.61 Å². The van der Waals surface area contributed by atoms with Crippen LogP contribution >= 0.6 is 11.6 Å². The lowest BCUT2D eigenvalue weighted by atomic mass is 10.0. The summed E-state index contributed by atoms with van der Waals surface area (Å²) in [4.78, 5) is 10.6. The minimum Gasteiger partial charge on any atom is -0.465 e. The predicted molar refractivity (Wildman–Crippen MR) is 57.9 cm³/mol. The number of hydrogen-bond donors (Lipinski definition) is 1. The monoisotopic (exact) mass is 228 g/mol. The molecule has 0 spiro atoms. The molecular weight excluding hydrogens is 216 g/mol. The molecule has 1 aromatic rings. The van der Waals surface area contributed by atoms with Crippen molar-refractivity contribution in [2.24, 2.45) is 0 Å². The molecule has 0 amide bonds. The van der Waals surface area contributed by atoms with Crippen molar-refractivity contribution < 1.29 is 14.6 Å². The van der Waals surface area contributed by atoms with Gasteiger partial charge in [0.2, 0.25) is 0 Å². The summed E-state index contributed by atoms with van der Waals surface area (Å²) in [5, 5.41) is 9.74. The number of ether oxygens (including phenoxy) is 1. The molecule has 1 aromatic carbocycles. The number of aliphatic hydroxyl groups is 1. The maximum atomic E-state index is 10.6.